The molecule has 2 heterocycles. The zero-order valence-electron chi connectivity index (χ0n) is 18.0. The van der Waals surface area contributed by atoms with Gasteiger partial charge in [0.2, 0.25) is 10.0 Å². The fourth-order valence-electron chi connectivity index (χ4n) is 3.59. The Kier molecular flexibility index (Phi) is 6.51. The number of amides is 1. The van der Waals surface area contributed by atoms with Gasteiger partial charge in [0.1, 0.15) is 0 Å². The third-order valence-corrected chi connectivity index (χ3v) is 7.38. The number of sulfonamides is 1. The van der Waals surface area contributed by atoms with Crippen molar-refractivity contribution in [3.05, 3.63) is 78.0 Å². The fraction of sp³-hybridized carbons (Fsp3) is 0.208. The highest BCUT2D eigenvalue weighted by Crippen LogP contribution is 2.27. The lowest BCUT2D eigenvalue weighted by Gasteiger charge is -2.26. The first-order valence-corrected chi connectivity index (χ1v) is 11.8. The first-order chi connectivity index (χ1) is 15.9. The van der Waals surface area contributed by atoms with Crippen LogP contribution in [-0.4, -0.2) is 57.0 Å². The van der Waals surface area contributed by atoms with Gasteiger partial charge in [-0.25, -0.2) is 8.42 Å². The normalized spacial score (nSPS) is 14.4. The average molecular weight is 463 g/mol. The van der Waals surface area contributed by atoms with Crippen LogP contribution in [0.1, 0.15) is 15.9 Å². The highest BCUT2D eigenvalue weighted by Gasteiger charge is 2.26. The third kappa shape index (κ3) is 4.64. The lowest BCUT2D eigenvalue weighted by atomic mass is 10.0. The van der Waals surface area contributed by atoms with E-state index in [0.29, 0.717) is 54.4 Å². The van der Waals surface area contributed by atoms with Crippen molar-refractivity contribution in [3.8, 4) is 17.3 Å². The van der Waals surface area contributed by atoms with Crippen molar-refractivity contribution >= 4 is 21.6 Å². The summed E-state index contributed by atoms with van der Waals surface area (Å²) in [5, 5.41) is 9.46. The summed E-state index contributed by atoms with van der Waals surface area (Å²) in [7, 11) is -2.00. The molecule has 9 heteroatoms. The van der Waals surface area contributed by atoms with Crippen LogP contribution in [0.2, 0.25) is 0 Å². The van der Waals surface area contributed by atoms with E-state index in [1.165, 1.54) is 33.5 Å². The molecule has 0 N–H and O–H groups in total. The van der Waals surface area contributed by atoms with Crippen LogP contribution in [0.5, 0.6) is 0 Å². The number of pyridine rings is 1. The van der Waals surface area contributed by atoms with E-state index in [4.69, 9.17) is 4.74 Å². The van der Waals surface area contributed by atoms with Crippen LogP contribution < -0.4 is 4.90 Å². The summed E-state index contributed by atoms with van der Waals surface area (Å²) in [6.07, 6.45) is 1.64. The second-order valence-corrected chi connectivity index (χ2v) is 9.40. The van der Waals surface area contributed by atoms with Crippen LogP contribution in [0.25, 0.3) is 11.3 Å². The van der Waals surface area contributed by atoms with Gasteiger partial charge >= 0.3 is 0 Å². The summed E-state index contributed by atoms with van der Waals surface area (Å²) < 4.78 is 32.2. The Balaban J connectivity index is 1.58. The quantitative estimate of drug-likeness (QED) is 0.578. The molecule has 2 aromatic carbocycles. The number of nitrogens with zero attached hydrogens (tertiary/aromatic N) is 4. The molecule has 1 aliphatic heterocycles. The van der Waals surface area contributed by atoms with Gasteiger partial charge in [0.05, 0.1) is 35.4 Å². The summed E-state index contributed by atoms with van der Waals surface area (Å²) in [6.45, 7) is 1.35. The average Bonchev–Trinajstić information content (AvgIpc) is 2.88. The third-order valence-electron chi connectivity index (χ3n) is 5.47. The number of morpholine rings is 1. The molecule has 0 saturated carbocycles. The van der Waals surface area contributed by atoms with E-state index in [1.54, 1.807) is 43.6 Å². The van der Waals surface area contributed by atoms with Crippen molar-refractivity contribution in [1.82, 2.24) is 9.29 Å². The molecule has 0 spiro atoms. The van der Waals surface area contributed by atoms with Gasteiger partial charge < -0.3 is 9.64 Å². The van der Waals surface area contributed by atoms with Crippen molar-refractivity contribution < 1.29 is 17.9 Å². The van der Waals surface area contributed by atoms with E-state index in [2.05, 4.69) is 11.1 Å². The largest absolute Gasteiger partial charge is 0.379 e. The second kappa shape index (κ2) is 9.50. The Morgan fingerprint density at radius 1 is 1.09 bits per heavy atom. The molecule has 1 aliphatic rings. The van der Waals surface area contributed by atoms with Crippen molar-refractivity contribution in [2.24, 2.45) is 0 Å². The zero-order valence-corrected chi connectivity index (χ0v) is 18.8. The van der Waals surface area contributed by atoms with E-state index in [1.807, 2.05) is 6.07 Å². The number of rotatable bonds is 5. The van der Waals surface area contributed by atoms with Crippen LogP contribution in [0.15, 0.2) is 71.8 Å². The monoisotopic (exact) mass is 462 g/mol. The first-order valence-electron chi connectivity index (χ1n) is 10.3. The minimum atomic E-state index is -3.63. The number of carbonyl (C=O) groups is 1. The van der Waals surface area contributed by atoms with Crippen LogP contribution in [0.4, 0.5) is 5.69 Å². The van der Waals surface area contributed by atoms with Crippen LogP contribution >= 0.6 is 0 Å². The molecule has 0 aliphatic carbocycles. The smallest absolute Gasteiger partial charge is 0.258 e. The van der Waals surface area contributed by atoms with Crippen molar-refractivity contribution in [1.29, 1.82) is 5.26 Å². The molecular formula is C24H22N4O4S. The maximum absolute atomic E-state index is 13.1. The Hall–Kier alpha value is -3.58. The Labute approximate surface area is 192 Å². The Morgan fingerprint density at radius 3 is 2.45 bits per heavy atom. The summed E-state index contributed by atoms with van der Waals surface area (Å²) in [6, 6.07) is 18.6. The van der Waals surface area contributed by atoms with Gasteiger partial charge in [0.15, 0.2) is 0 Å². The predicted molar refractivity (Wildman–Crippen MR) is 123 cm³/mol. The number of benzene rings is 2. The molecule has 33 heavy (non-hydrogen) atoms. The minimum Gasteiger partial charge on any atom is -0.379 e. The number of anilines is 1. The van der Waals surface area contributed by atoms with E-state index >= 15 is 0 Å². The van der Waals surface area contributed by atoms with Gasteiger partial charge in [0, 0.05) is 43.1 Å². The number of hydrogen-bond acceptors (Lipinski definition) is 6. The van der Waals surface area contributed by atoms with Crippen molar-refractivity contribution in [2.75, 3.05) is 38.3 Å². The van der Waals surface area contributed by atoms with Gasteiger partial charge in [-0.3, -0.25) is 9.78 Å². The van der Waals surface area contributed by atoms with Gasteiger partial charge in [-0.15, -0.1) is 0 Å². The van der Waals surface area contributed by atoms with Gasteiger partial charge in [-0.2, -0.15) is 9.57 Å². The summed E-state index contributed by atoms with van der Waals surface area (Å²) in [5.41, 5.74) is 2.65. The van der Waals surface area contributed by atoms with E-state index in [0.717, 1.165) is 0 Å². The number of aromatic nitrogens is 1. The molecule has 0 radical (unpaired) electrons. The summed E-state index contributed by atoms with van der Waals surface area (Å²) in [4.78, 5) is 19.0. The van der Waals surface area contributed by atoms with Crippen LogP contribution in [0, 0.1) is 11.3 Å². The van der Waals surface area contributed by atoms with Gasteiger partial charge in [-0.05, 0) is 54.6 Å². The molecule has 1 saturated heterocycles. The number of hydrogen-bond donors (Lipinski definition) is 0. The number of nitriles is 1. The maximum Gasteiger partial charge on any atom is 0.258 e. The molecule has 4 rings (SSSR count). The molecule has 0 atom stereocenters. The molecule has 0 bridgehead atoms. The van der Waals surface area contributed by atoms with Crippen LogP contribution in [-0.2, 0) is 14.8 Å². The van der Waals surface area contributed by atoms with E-state index in [-0.39, 0.29) is 10.8 Å². The molecular weight excluding hydrogens is 440 g/mol. The first kappa shape index (κ1) is 22.6. The zero-order chi connectivity index (χ0) is 23.4. The molecule has 3 aromatic rings. The summed E-state index contributed by atoms with van der Waals surface area (Å²) >= 11 is 0. The number of carbonyl (C=O) groups excluding carboxylic acids is 1. The van der Waals surface area contributed by atoms with Crippen LogP contribution in [0.3, 0.4) is 0 Å². The highest BCUT2D eigenvalue weighted by atomic mass is 32.2. The van der Waals surface area contributed by atoms with E-state index < -0.39 is 10.0 Å². The molecule has 1 amide bonds. The lowest BCUT2D eigenvalue weighted by Crippen LogP contribution is -2.40. The maximum atomic E-state index is 13.1. The van der Waals surface area contributed by atoms with Crippen molar-refractivity contribution in [2.45, 2.75) is 4.90 Å². The topological polar surface area (TPSA) is 104 Å². The molecule has 8 nitrogen and oxygen atoms in total. The molecule has 0 unspecified atom stereocenters. The second-order valence-electron chi connectivity index (χ2n) is 7.46. The summed E-state index contributed by atoms with van der Waals surface area (Å²) in [5.74, 6) is -0.304. The standard InChI is InChI=1S/C24H22N4O4S/c1-27(20-8-5-19(17-25)22(16-20)23-4-2-3-11-26-23)24(29)18-6-9-21(10-7-18)33(30,31)28-12-14-32-15-13-28/h2-11,16H,12-15H2,1H3. The van der Waals surface area contributed by atoms with Crippen molar-refractivity contribution in [3.63, 3.8) is 0 Å². The molecule has 168 valence electrons. The number of ether oxygens (including phenoxy) is 1. The van der Waals surface area contributed by atoms with Gasteiger partial charge in [-0.1, -0.05) is 6.07 Å². The SMILES string of the molecule is CN(C(=O)c1ccc(S(=O)(=O)N2CCOCC2)cc1)c1ccc(C#N)c(-c2ccccn2)c1. The Bertz CT molecular complexity index is 1300. The Morgan fingerprint density at radius 2 is 1.82 bits per heavy atom. The predicted octanol–water partition coefficient (Wildman–Crippen LogP) is 2.92. The molecule has 1 fully saturated rings. The lowest BCUT2D eigenvalue weighted by molar-refractivity contribution is 0.0730. The van der Waals surface area contributed by atoms with E-state index in [9.17, 15) is 18.5 Å². The molecule has 1 aromatic heterocycles. The fourth-order valence-corrected chi connectivity index (χ4v) is 5.00. The highest BCUT2D eigenvalue weighted by molar-refractivity contribution is 7.89. The minimum absolute atomic E-state index is 0.138. The van der Waals surface area contributed by atoms with Gasteiger partial charge in [0.25, 0.3) is 5.91 Å².